The van der Waals surface area contributed by atoms with Crippen molar-refractivity contribution in [3.63, 3.8) is 0 Å². The first-order valence-electron chi connectivity index (χ1n) is 6.59. The summed E-state index contributed by atoms with van der Waals surface area (Å²) in [4.78, 5) is 6.63. The number of nitrogens with zero attached hydrogens (tertiary/aromatic N) is 2. The molecule has 0 spiro atoms. The predicted octanol–water partition coefficient (Wildman–Crippen LogP) is 2.97. The lowest BCUT2D eigenvalue weighted by atomic mass is 10.0. The van der Waals surface area contributed by atoms with Crippen molar-refractivity contribution in [2.75, 3.05) is 11.9 Å². The summed E-state index contributed by atoms with van der Waals surface area (Å²) in [6.07, 6.45) is 1.87. The standard InChI is InChI=1S/C16H21N3/c1-12(2)19(3)15-10-9-14(11-18-15)16(17)13-7-5-4-6-8-13/h4-12,16H,17H2,1-3H3. The van der Waals surface area contributed by atoms with Gasteiger partial charge in [-0.05, 0) is 31.0 Å². The van der Waals surface area contributed by atoms with Crippen LogP contribution in [0.3, 0.4) is 0 Å². The average molecular weight is 255 g/mol. The van der Waals surface area contributed by atoms with Crippen LogP contribution in [0, 0.1) is 0 Å². The second-order valence-corrected chi connectivity index (χ2v) is 5.04. The fourth-order valence-corrected chi connectivity index (χ4v) is 1.91. The number of rotatable bonds is 4. The third-order valence-electron chi connectivity index (χ3n) is 3.42. The molecule has 0 fully saturated rings. The Bertz CT molecular complexity index is 505. The molecule has 1 aromatic carbocycles. The van der Waals surface area contributed by atoms with Crippen LogP contribution in [0.5, 0.6) is 0 Å². The van der Waals surface area contributed by atoms with E-state index in [-0.39, 0.29) is 6.04 Å². The third kappa shape index (κ3) is 3.12. The van der Waals surface area contributed by atoms with Crippen LogP contribution < -0.4 is 10.6 Å². The zero-order valence-electron chi connectivity index (χ0n) is 11.7. The minimum atomic E-state index is -0.118. The van der Waals surface area contributed by atoms with Gasteiger partial charge in [0.1, 0.15) is 5.82 Å². The van der Waals surface area contributed by atoms with Crippen molar-refractivity contribution in [1.29, 1.82) is 0 Å². The van der Waals surface area contributed by atoms with E-state index in [1.54, 1.807) is 0 Å². The van der Waals surface area contributed by atoms with Crippen LogP contribution in [0.4, 0.5) is 5.82 Å². The van der Waals surface area contributed by atoms with Crippen molar-refractivity contribution in [2.45, 2.75) is 25.9 Å². The van der Waals surface area contributed by atoms with E-state index in [2.05, 4.69) is 29.8 Å². The van der Waals surface area contributed by atoms with Gasteiger partial charge in [0.2, 0.25) is 0 Å². The summed E-state index contributed by atoms with van der Waals surface area (Å²) in [7, 11) is 2.05. The third-order valence-corrected chi connectivity index (χ3v) is 3.42. The van der Waals surface area contributed by atoms with E-state index in [1.807, 2.05) is 49.6 Å². The Balaban J connectivity index is 2.19. The lowest BCUT2D eigenvalue weighted by molar-refractivity contribution is 0.741. The number of aromatic nitrogens is 1. The molecule has 2 aromatic rings. The predicted molar refractivity (Wildman–Crippen MR) is 80.2 cm³/mol. The van der Waals surface area contributed by atoms with Crippen LogP contribution >= 0.6 is 0 Å². The highest BCUT2D eigenvalue weighted by atomic mass is 15.2. The molecule has 1 heterocycles. The van der Waals surface area contributed by atoms with Crippen molar-refractivity contribution in [1.82, 2.24) is 4.98 Å². The molecular formula is C16H21N3. The summed E-state index contributed by atoms with van der Waals surface area (Å²) in [5.74, 6) is 0.971. The molecule has 3 nitrogen and oxygen atoms in total. The summed E-state index contributed by atoms with van der Waals surface area (Å²) < 4.78 is 0. The van der Waals surface area contributed by atoms with Crippen molar-refractivity contribution in [2.24, 2.45) is 5.73 Å². The minimum Gasteiger partial charge on any atom is -0.357 e. The van der Waals surface area contributed by atoms with Crippen molar-refractivity contribution in [3.8, 4) is 0 Å². The highest BCUT2D eigenvalue weighted by Crippen LogP contribution is 2.20. The van der Waals surface area contributed by atoms with Gasteiger partial charge < -0.3 is 10.6 Å². The summed E-state index contributed by atoms with van der Waals surface area (Å²) in [6, 6.07) is 14.5. The molecule has 1 atom stereocenters. The number of benzene rings is 1. The van der Waals surface area contributed by atoms with E-state index in [1.165, 1.54) is 0 Å². The molecule has 2 N–H and O–H groups in total. The van der Waals surface area contributed by atoms with Gasteiger partial charge in [-0.15, -0.1) is 0 Å². The Labute approximate surface area is 115 Å². The largest absolute Gasteiger partial charge is 0.357 e. The van der Waals surface area contributed by atoms with E-state index in [4.69, 9.17) is 5.73 Å². The summed E-state index contributed by atoms with van der Waals surface area (Å²) in [6.45, 7) is 4.29. The molecule has 0 aliphatic heterocycles. The van der Waals surface area contributed by atoms with Crippen LogP contribution in [0.2, 0.25) is 0 Å². The van der Waals surface area contributed by atoms with Gasteiger partial charge in [-0.3, -0.25) is 0 Å². The Kier molecular flexibility index (Phi) is 4.17. The number of pyridine rings is 1. The molecule has 1 aromatic heterocycles. The fourth-order valence-electron chi connectivity index (χ4n) is 1.91. The number of nitrogens with two attached hydrogens (primary N) is 1. The Morgan fingerprint density at radius 3 is 2.21 bits per heavy atom. The van der Waals surface area contributed by atoms with Crippen LogP contribution in [0.1, 0.15) is 31.0 Å². The monoisotopic (exact) mass is 255 g/mol. The van der Waals surface area contributed by atoms with E-state index >= 15 is 0 Å². The van der Waals surface area contributed by atoms with Gasteiger partial charge in [0.05, 0.1) is 6.04 Å². The van der Waals surface area contributed by atoms with Crippen LogP contribution in [0.15, 0.2) is 48.7 Å². The molecular weight excluding hydrogens is 234 g/mol. The van der Waals surface area contributed by atoms with Crippen LogP contribution in [0.25, 0.3) is 0 Å². The first kappa shape index (κ1) is 13.6. The summed E-state index contributed by atoms with van der Waals surface area (Å²) >= 11 is 0. The van der Waals surface area contributed by atoms with Crippen molar-refractivity contribution >= 4 is 5.82 Å². The first-order valence-corrected chi connectivity index (χ1v) is 6.59. The number of hydrogen-bond acceptors (Lipinski definition) is 3. The molecule has 19 heavy (non-hydrogen) atoms. The number of hydrogen-bond donors (Lipinski definition) is 1. The zero-order chi connectivity index (χ0) is 13.8. The molecule has 3 heteroatoms. The molecule has 100 valence electrons. The maximum Gasteiger partial charge on any atom is 0.128 e. The lowest BCUT2D eigenvalue weighted by Crippen LogP contribution is -2.26. The Morgan fingerprint density at radius 1 is 1.00 bits per heavy atom. The number of anilines is 1. The molecule has 0 radical (unpaired) electrons. The van der Waals surface area contributed by atoms with Gasteiger partial charge in [-0.2, -0.15) is 0 Å². The van der Waals surface area contributed by atoms with Crippen molar-refractivity contribution in [3.05, 3.63) is 59.8 Å². The maximum atomic E-state index is 6.25. The first-order chi connectivity index (χ1) is 9.09. The second-order valence-electron chi connectivity index (χ2n) is 5.04. The Morgan fingerprint density at radius 2 is 1.68 bits per heavy atom. The summed E-state index contributed by atoms with van der Waals surface area (Å²) in [5, 5.41) is 0. The van der Waals surface area contributed by atoms with Gasteiger partial charge in [0.25, 0.3) is 0 Å². The average Bonchev–Trinajstić information content (AvgIpc) is 2.46. The van der Waals surface area contributed by atoms with E-state index in [0.29, 0.717) is 6.04 Å². The smallest absolute Gasteiger partial charge is 0.128 e. The van der Waals surface area contributed by atoms with Gasteiger partial charge in [0.15, 0.2) is 0 Å². The SMILES string of the molecule is CC(C)N(C)c1ccc(C(N)c2ccccc2)cn1. The van der Waals surface area contributed by atoms with Crippen LogP contribution in [-0.4, -0.2) is 18.1 Å². The minimum absolute atomic E-state index is 0.118. The van der Waals surface area contributed by atoms with Crippen molar-refractivity contribution < 1.29 is 0 Å². The molecule has 2 rings (SSSR count). The topological polar surface area (TPSA) is 42.1 Å². The van der Waals surface area contributed by atoms with Gasteiger partial charge in [0, 0.05) is 19.3 Å². The highest BCUT2D eigenvalue weighted by molar-refractivity contribution is 5.41. The quantitative estimate of drug-likeness (QED) is 0.913. The molecule has 1 unspecified atom stereocenters. The molecule has 0 aliphatic carbocycles. The van der Waals surface area contributed by atoms with Crippen LogP contribution in [-0.2, 0) is 0 Å². The normalized spacial score (nSPS) is 12.5. The highest BCUT2D eigenvalue weighted by Gasteiger charge is 2.10. The van der Waals surface area contributed by atoms with E-state index < -0.39 is 0 Å². The second kappa shape index (κ2) is 5.85. The zero-order valence-corrected chi connectivity index (χ0v) is 11.7. The van der Waals surface area contributed by atoms with Gasteiger partial charge >= 0.3 is 0 Å². The van der Waals surface area contributed by atoms with Gasteiger partial charge in [-0.25, -0.2) is 4.98 Å². The molecule has 0 saturated carbocycles. The lowest BCUT2D eigenvalue weighted by Gasteiger charge is -2.23. The summed E-state index contributed by atoms with van der Waals surface area (Å²) in [5.41, 5.74) is 8.39. The van der Waals surface area contributed by atoms with E-state index in [9.17, 15) is 0 Å². The maximum absolute atomic E-state index is 6.25. The molecule has 0 aliphatic rings. The molecule has 0 amide bonds. The fraction of sp³-hybridized carbons (Fsp3) is 0.312. The molecule has 0 saturated heterocycles. The van der Waals surface area contributed by atoms with E-state index in [0.717, 1.165) is 16.9 Å². The van der Waals surface area contributed by atoms with Gasteiger partial charge in [-0.1, -0.05) is 36.4 Å². The Hall–Kier alpha value is -1.87. The molecule has 0 bridgehead atoms.